The smallest absolute Gasteiger partial charge is 0.267 e. The van der Waals surface area contributed by atoms with Crippen molar-refractivity contribution in [3.63, 3.8) is 0 Å². The summed E-state index contributed by atoms with van der Waals surface area (Å²) in [6, 6.07) is 16.5. The number of nitrogens with zero attached hydrogens (tertiary/aromatic N) is 2. The fraction of sp³-hybridized carbons (Fsp3) is 0.0500. The maximum atomic E-state index is 13.2. The Labute approximate surface area is 149 Å². The molecule has 1 aromatic heterocycles. The molecule has 0 aliphatic rings. The van der Waals surface area contributed by atoms with E-state index in [9.17, 15) is 9.18 Å². The molecule has 1 heterocycles. The Morgan fingerprint density at radius 1 is 1.19 bits per heavy atom. The third kappa shape index (κ3) is 3.68. The zero-order chi connectivity index (χ0) is 18.5. The van der Waals surface area contributed by atoms with Crippen LogP contribution < -0.4 is 10.5 Å². The number of nitriles is 1. The van der Waals surface area contributed by atoms with Crippen LogP contribution in [-0.4, -0.2) is 10.9 Å². The van der Waals surface area contributed by atoms with Gasteiger partial charge in [-0.1, -0.05) is 30.3 Å². The highest BCUT2D eigenvalue weighted by Gasteiger charge is 2.13. The quantitative estimate of drug-likeness (QED) is 0.766. The van der Waals surface area contributed by atoms with Gasteiger partial charge in [-0.25, -0.2) is 9.37 Å². The van der Waals surface area contributed by atoms with Gasteiger partial charge in [0, 0.05) is 11.1 Å². The molecular formula is C20H14FN3O2. The molecule has 6 heteroatoms. The van der Waals surface area contributed by atoms with Gasteiger partial charge in [-0.05, 0) is 29.8 Å². The van der Waals surface area contributed by atoms with Gasteiger partial charge in [0.05, 0.1) is 17.8 Å². The number of halogens is 1. The van der Waals surface area contributed by atoms with Crippen LogP contribution in [0.15, 0.2) is 60.8 Å². The second-order valence-corrected chi connectivity index (χ2v) is 5.49. The first-order valence-electron chi connectivity index (χ1n) is 7.75. The molecule has 128 valence electrons. The lowest BCUT2D eigenvalue weighted by atomic mass is 10.0. The molecule has 0 fully saturated rings. The van der Waals surface area contributed by atoms with E-state index in [2.05, 4.69) is 11.1 Å². The van der Waals surface area contributed by atoms with Crippen LogP contribution in [0.4, 0.5) is 4.39 Å². The van der Waals surface area contributed by atoms with E-state index in [1.807, 2.05) is 6.07 Å². The highest BCUT2D eigenvalue weighted by molar-refractivity contribution is 5.92. The minimum Gasteiger partial charge on any atom is -0.487 e. The molecule has 0 bridgehead atoms. The first kappa shape index (κ1) is 17.1. The van der Waals surface area contributed by atoms with Crippen molar-refractivity contribution in [2.75, 3.05) is 0 Å². The van der Waals surface area contributed by atoms with Crippen molar-refractivity contribution >= 4 is 5.91 Å². The summed E-state index contributed by atoms with van der Waals surface area (Å²) >= 11 is 0. The Kier molecular flexibility index (Phi) is 4.90. The van der Waals surface area contributed by atoms with Gasteiger partial charge in [-0.3, -0.25) is 4.79 Å². The number of primary amides is 1. The summed E-state index contributed by atoms with van der Waals surface area (Å²) in [5.74, 6) is -0.646. The number of pyridine rings is 1. The van der Waals surface area contributed by atoms with Crippen LogP contribution in [0.5, 0.6) is 5.75 Å². The lowest BCUT2D eigenvalue weighted by Gasteiger charge is -2.13. The number of rotatable bonds is 5. The molecule has 0 saturated carbocycles. The second-order valence-electron chi connectivity index (χ2n) is 5.49. The van der Waals surface area contributed by atoms with Gasteiger partial charge in [-0.2, -0.15) is 5.26 Å². The van der Waals surface area contributed by atoms with Gasteiger partial charge in [-0.15, -0.1) is 0 Å². The average molecular weight is 347 g/mol. The van der Waals surface area contributed by atoms with Crippen LogP contribution in [-0.2, 0) is 6.61 Å². The molecule has 3 aromatic rings. The number of carbonyl (C=O) groups excluding carboxylic acids is 1. The van der Waals surface area contributed by atoms with Crippen molar-refractivity contribution in [2.24, 2.45) is 5.73 Å². The summed E-state index contributed by atoms with van der Waals surface area (Å²) < 4.78 is 19.0. The van der Waals surface area contributed by atoms with E-state index in [1.54, 1.807) is 30.3 Å². The molecule has 26 heavy (non-hydrogen) atoms. The summed E-state index contributed by atoms with van der Waals surface area (Å²) in [6.07, 6.45) is 1.40. The highest BCUT2D eigenvalue weighted by Crippen LogP contribution is 2.31. The number of carbonyl (C=O) groups is 1. The molecule has 0 atom stereocenters. The predicted octanol–water partition coefficient (Wildman–Crippen LogP) is 3.44. The maximum absolute atomic E-state index is 13.2. The molecule has 1 amide bonds. The summed E-state index contributed by atoms with van der Waals surface area (Å²) in [5, 5.41) is 9.17. The first-order valence-corrected chi connectivity index (χ1v) is 7.75. The number of ether oxygens (including phenoxy) is 1. The van der Waals surface area contributed by atoms with Crippen molar-refractivity contribution in [1.29, 1.82) is 5.26 Å². The molecule has 0 saturated heterocycles. The Morgan fingerprint density at radius 3 is 2.62 bits per heavy atom. The molecule has 0 unspecified atom stereocenters. The number of hydrogen-bond donors (Lipinski definition) is 1. The van der Waals surface area contributed by atoms with Crippen LogP contribution in [0.3, 0.4) is 0 Å². The van der Waals surface area contributed by atoms with Crippen molar-refractivity contribution < 1.29 is 13.9 Å². The van der Waals surface area contributed by atoms with E-state index in [4.69, 9.17) is 15.7 Å². The molecule has 5 nitrogen and oxygen atoms in total. The van der Waals surface area contributed by atoms with E-state index in [0.29, 0.717) is 22.4 Å². The van der Waals surface area contributed by atoms with E-state index >= 15 is 0 Å². The van der Waals surface area contributed by atoms with Crippen molar-refractivity contribution in [2.45, 2.75) is 6.61 Å². The molecule has 2 aromatic carbocycles. The Balaban J connectivity index is 1.97. The van der Waals surface area contributed by atoms with Crippen LogP contribution in [0.2, 0.25) is 0 Å². The van der Waals surface area contributed by atoms with E-state index < -0.39 is 5.91 Å². The second kappa shape index (κ2) is 7.45. The third-order valence-electron chi connectivity index (χ3n) is 3.80. The molecule has 3 rings (SSSR count). The molecule has 2 N–H and O–H groups in total. The van der Waals surface area contributed by atoms with Crippen molar-refractivity contribution in [3.8, 4) is 22.9 Å². The van der Waals surface area contributed by atoms with Gasteiger partial charge in [0.15, 0.2) is 0 Å². The van der Waals surface area contributed by atoms with E-state index in [0.717, 1.165) is 5.56 Å². The molecule has 0 radical (unpaired) electrons. The fourth-order valence-corrected chi connectivity index (χ4v) is 2.46. The first-order chi connectivity index (χ1) is 12.6. The molecule has 0 aliphatic carbocycles. The van der Waals surface area contributed by atoms with Gasteiger partial charge in [0.1, 0.15) is 23.9 Å². The van der Waals surface area contributed by atoms with Gasteiger partial charge < -0.3 is 10.5 Å². The van der Waals surface area contributed by atoms with E-state index in [-0.39, 0.29) is 18.1 Å². The zero-order valence-corrected chi connectivity index (χ0v) is 13.6. The molecular weight excluding hydrogens is 333 g/mol. The van der Waals surface area contributed by atoms with Gasteiger partial charge >= 0.3 is 0 Å². The summed E-state index contributed by atoms with van der Waals surface area (Å²) in [4.78, 5) is 15.4. The van der Waals surface area contributed by atoms with Gasteiger partial charge in [0.2, 0.25) is 0 Å². The standard InChI is InChI=1S/C20H14FN3O2/c21-16-7-5-13(6-8-16)17-9-18(20(23)25)24-11-19(17)26-12-15-4-2-1-3-14(15)10-22/h1-9,11H,12H2,(H2,23,25). The van der Waals surface area contributed by atoms with Crippen molar-refractivity contribution in [1.82, 2.24) is 4.98 Å². The number of benzene rings is 2. The topological polar surface area (TPSA) is 89.0 Å². The minimum absolute atomic E-state index is 0.0779. The third-order valence-corrected chi connectivity index (χ3v) is 3.80. The fourth-order valence-electron chi connectivity index (χ4n) is 2.46. The van der Waals surface area contributed by atoms with Crippen LogP contribution in [0.25, 0.3) is 11.1 Å². The monoisotopic (exact) mass is 347 g/mol. The number of amides is 1. The summed E-state index contributed by atoms with van der Waals surface area (Å²) in [6.45, 7) is 0.148. The van der Waals surface area contributed by atoms with E-state index in [1.165, 1.54) is 24.4 Å². The number of nitrogens with two attached hydrogens (primary N) is 1. The lowest BCUT2D eigenvalue weighted by molar-refractivity contribution is 0.0995. The Bertz CT molecular complexity index is 995. The average Bonchev–Trinajstić information content (AvgIpc) is 2.67. The van der Waals surface area contributed by atoms with Crippen LogP contribution >= 0.6 is 0 Å². The highest BCUT2D eigenvalue weighted by atomic mass is 19.1. The maximum Gasteiger partial charge on any atom is 0.267 e. The predicted molar refractivity (Wildman–Crippen MR) is 93.6 cm³/mol. The zero-order valence-electron chi connectivity index (χ0n) is 13.6. The van der Waals surface area contributed by atoms with Crippen molar-refractivity contribution in [3.05, 3.63) is 83.4 Å². The Hall–Kier alpha value is -3.72. The SMILES string of the molecule is N#Cc1ccccc1COc1cnc(C(N)=O)cc1-c1ccc(F)cc1. The Morgan fingerprint density at radius 2 is 1.92 bits per heavy atom. The minimum atomic E-state index is -0.672. The number of hydrogen-bond acceptors (Lipinski definition) is 4. The summed E-state index contributed by atoms with van der Waals surface area (Å²) in [5.41, 5.74) is 7.82. The van der Waals surface area contributed by atoms with Crippen LogP contribution in [0, 0.1) is 17.1 Å². The van der Waals surface area contributed by atoms with Crippen LogP contribution in [0.1, 0.15) is 21.6 Å². The van der Waals surface area contributed by atoms with Gasteiger partial charge in [0.25, 0.3) is 5.91 Å². The summed E-state index contributed by atoms with van der Waals surface area (Å²) in [7, 11) is 0. The normalized spacial score (nSPS) is 10.2. The lowest BCUT2D eigenvalue weighted by Crippen LogP contribution is -2.13. The number of aromatic nitrogens is 1. The molecule has 0 spiro atoms. The molecule has 0 aliphatic heterocycles. The largest absolute Gasteiger partial charge is 0.487 e.